The van der Waals surface area contributed by atoms with E-state index < -0.39 is 0 Å². The van der Waals surface area contributed by atoms with E-state index in [4.69, 9.17) is 11.6 Å². The Balaban J connectivity index is 2.29. The van der Waals surface area contributed by atoms with Crippen molar-refractivity contribution in [2.45, 2.75) is 30.7 Å². The van der Waals surface area contributed by atoms with Crippen LogP contribution in [0.25, 0.3) is 0 Å². The number of nitrogens with zero attached hydrogens (tertiary/aromatic N) is 2. The van der Waals surface area contributed by atoms with E-state index in [2.05, 4.69) is 47.3 Å². The van der Waals surface area contributed by atoms with Gasteiger partial charge >= 0.3 is 0 Å². The standard InChI is InChI=1S/C14H16ClN3S/c1-4-16-14-17-8-11(15)13(18-14)19-12-6-5-9(2)7-10(12)3/h5-8H,4H2,1-3H3,(H,16,17,18). The lowest BCUT2D eigenvalue weighted by atomic mass is 10.2. The highest BCUT2D eigenvalue weighted by molar-refractivity contribution is 7.99. The normalized spacial score (nSPS) is 10.5. The van der Waals surface area contributed by atoms with Crippen molar-refractivity contribution in [1.29, 1.82) is 0 Å². The Bertz CT molecular complexity index is 587. The van der Waals surface area contributed by atoms with E-state index in [0.717, 1.165) is 16.5 Å². The van der Waals surface area contributed by atoms with Crippen LogP contribution in [0.5, 0.6) is 0 Å². The summed E-state index contributed by atoms with van der Waals surface area (Å²) in [5.74, 6) is 0.610. The zero-order chi connectivity index (χ0) is 13.8. The second kappa shape index (κ2) is 6.26. The van der Waals surface area contributed by atoms with Crippen molar-refractivity contribution >= 4 is 29.3 Å². The molecule has 0 saturated heterocycles. The van der Waals surface area contributed by atoms with Gasteiger partial charge in [0.15, 0.2) is 0 Å². The van der Waals surface area contributed by atoms with Crippen molar-refractivity contribution in [3.05, 3.63) is 40.5 Å². The largest absolute Gasteiger partial charge is 0.354 e. The van der Waals surface area contributed by atoms with E-state index >= 15 is 0 Å². The summed E-state index contributed by atoms with van der Waals surface area (Å²) >= 11 is 7.72. The van der Waals surface area contributed by atoms with Crippen LogP contribution in [-0.4, -0.2) is 16.5 Å². The quantitative estimate of drug-likeness (QED) is 0.852. The number of hydrogen-bond acceptors (Lipinski definition) is 4. The number of aryl methyl sites for hydroxylation is 2. The molecular formula is C14H16ClN3S. The summed E-state index contributed by atoms with van der Waals surface area (Å²) in [4.78, 5) is 9.73. The van der Waals surface area contributed by atoms with Crippen molar-refractivity contribution < 1.29 is 0 Å². The fraction of sp³-hybridized carbons (Fsp3) is 0.286. The molecule has 0 spiro atoms. The molecule has 2 rings (SSSR count). The number of nitrogens with one attached hydrogen (secondary N) is 1. The first-order valence-corrected chi connectivity index (χ1v) is 7.31. The lowest BCUT2D eigenvalue weighted by Gasteiger charge is -2.08. The summed E-state index contributed by atoms with van der Waals surface area (Å²) in [6.45, 7) is 6.97. The highest BCUT2D eigenvalue weighted by Crippen LogP contribution is 2.33. The third-order valence-corrected chi connectivity index (χ3v) is 4.16. The van der Waals surface area contributed by atoms with Crippen LogP contribution in [0.15, 0.2) is 34.3 Å². The highest BCUT2D eigenvalue weighted by Gasteiger charge is 2.09. The Morgan fingerprint density at radius 3 is 2.79 bits per heavy atom. The Kier molecular flexibility index (Phi) is 4.66. The summed E-state index contributed by atoms with van der Waals surface area (Å²) < 4.78 is 0. The third-order valence-electron chi connectivity index (χ3n) is 2.58. The summed E-state index contributed by atoms with van der Waals surface area (Å²) in [7, 11) is 0. The molecule has 2 aromatic rings. The summed E-state index contributed by atoms with van der Waals surface area (Å²) in [5, 5.41) is 4.44. The fourth-order valence-corrected chi connectivity index (χ4v) is 2.74. The van der Waals surface area contributed by atoms with E-state index in [1.165, 1.54) is 11.1 Å². The Morgan fingerprint density at radius 1 is 1.32 bits per heavy atom. The second-order valence-electron chi connectivity index (χ2n) is 4.25. The average molecular weight is 294 g/mol. The lowest BCUT2D eigenvalue weighted by molar-refractivity contribution is 1.01. The van der Waals surface area contributed by atoms with E-state index in [1.54, 1.807) is 18.0 Å². The molecule has 0 atom stereocenters. The van der Waals surface area contributed by atoms with Gasteiger partial charge in [-0.3, -0.25) is 0 Å². The van der Waals surface area contributed by atoms with Gasteiger partial charge < -0.3 is 5.32 Å². The molecule has 0 aliphatic carbocycles. The fourth-order valence-electron chi connectivity index (χ4n) is 1.68. The minimum atomic E-state index is 0.576. The molecule has 1 heterocycles. The van der Waals surface area contributed by atoms with E-state index in [1.807, 2.05) is 6.92 Å². The number of anilines is 1. The first-order chi connectivity index (χ1) is 9.10. The van der Waals surface area contributed by atoms with Crippen LogP contribution in [0.3, 0.4) is 0 Å². The molecule has 0 amide bonds. The SMILES string of the molecule is CCNc1ncc(Cl)c(Sc2ccc(C)cc2C)n1. The van der Waals surface area contributed by atoms with Crippen LogP contribution in [0.4, 0.5) is 5.95 Å². The van der Waals surface area contributed by atoms with Crippen LogP contribution in [0.1, 0.15) is 18.1 Å². The molecule has 1 N–H and O–H groups in total. The molecule has 5 heteroatoms. The predicted molar refractivity (Wildman–Crippen MR) is 81.2 cm³/mol. The van der Waals surface area contributed by atoms with Gasteiger partial charge in [0.05, 0.1) is 11.2 Å². The topological polar surface area (TPSA) is 37.8 Å². The van der Waals surface area contributed by atoms with Crippen molar-refractivity contribution in [2.24, 2.45) is 0 Å². The smallest absolute Gasteiger partial charge is 0.223 e. The van der Waals surface area contributed by atoms with Gasteiger partial charge in [-0.25, -0.2) is 9.97 Å². The van der Waals surface area contributed by atoms with Gasteiger partial charge in [-0.2, -0.15) is 0 Å². The maximum Gasteiger partial charge on any atom is 0.223 e. The average Bonchev–Trinajstić information content (AvgIpc) is 2.37. The van der Waals surface area contributed by atoms with Gasteiger partial charge in [0.2, 0.25) is 5.95 Å². The summed E-state index contributed by atoms with van der Waals surface area (Å²) in [6, 6.07) is 6.35. The van der Waals surface area contributed by atoms with Gasteiger partial charge in [-0.05, 0) is 32.4 Å². The Labute approximate surface area is 122 Å². The number of hydrogen-bond donors (Lipinski definition) is 1. The maximum atomic E-state index is 6.16. The minimum Gasteiger partial charge on any atom is -0.354 e. The van der Waals surface area contributed by atoms with Crippen molar-refractivity contribution in [3.63, 3.8) is 0 Å². The first kappa shape index (κ1) is 14.2. The van der Waals surface area contributed by atoms with E-state index in [-0.39, 0.29) is 0 Å². The molecule has 0 bridgehead atoms. The highest BCUT2D eigenvalue weighted by atomic mass is 35.5. The molecule has 0 radical (unpaired) electrons. The molecule has 3 nitrogen and oxygen atoms in total. The van der Waals surface area contributed by atoms with Crippen molar-refractivity contribution in [2.75, 3.05) is 11.9 Å². The molecule has 1 aromatic heterocycles. The number of aromatic nitrogens is 2. The lowest BCUT2D eigenvalue weighted by Crippen LogP contribution is -2.02. The molecule has 100 valence electrons. The van der Waals surface area contributed by atoms with Crippen LogP contribution >= 0.6 is 23.4 Å². The third kappa shape index (κ3) is 3.61. The number of benzene rings is 1. The Hall–Kier alpha value is -1.26. The summed E-state index contributed by atoms with van der Waals surface area (Å²) in [6.07, 6.45) is 1.64. The molecule has 0 fully saturated rings. The van der Waals surface area contributed by atoms with Gasteiger partial charge in [-0.15, -0.1) is 0 Å². The first-order valence-electron chi connectivity index (χ1n) is 6.11. The van der Waals surface area contributed by atoms with Crippen LogP contribution in [0.2, 0.25) is 5.02 Å². The monoisotopic (exact) mass is 293 g/mol. The predicted octanol–water partition coefficient (Wildman–Crippen LogP) is 4.33. The Morgan fingerprint density at radius 2 is 2.11 bits per heavy atom. The summed E-state index contributed by atoms with van der Waals surface area (Å²) in [5.41, 5.74) is 2.48. The van der Waals surface area contributed by atoms with Gasteiger partial charge in [0, 0.05) is 11.4 Å². The molecule has 0 aliphatic heterocycles. The van der Waals surface area contributed by atoms with Crippen LogP contribution in [-0.2, 0) is 0 Å². The molecule has 1 aromatic carbocycles. The molecule has 0 saturated carbocycles. The molecule has 0 aliphatic rings. The molecule has 0 unspecified atom stereocenters. The molecular weight excluding hydrogens is 278 g/mol. The van der Waals surface area contributed by atoms with Crippen molar-refractivity contribution in [3.8, 4) is 0 Å². The van der Waals surface area contributed by atoms with Gasteiger partial charge in [0.1, 0.15) is 5.03 Å². The van der Waals surface area contributed by atoms with Crippen molar-refractivity contribution in [1.82, 2.24) is 9.97 Å². The second-order valence-corrected chi connectivity index (χ2v) is 5.69. The maximum absolute atomic E-state index is 6.16. The van der Waals surface area contributed by atoms with E-state index in [0.29, 0.717) is 11.0 Å². The number of halogens is 1. The molecule has 19 heavy (non-hydrogen) atoms. The zero-order valence-corrected chi connectivity index (χ0v) is 12.8. The van der Waals surface area contributed by atoms with Gasteiger partial charge in [0.25, 0.3) is 0 Å². The van der Waals surface area contributed by atoms with Gasteiger partial charge in [-0.1, -0.05) is 41.1 Å². The van der Waals surface area contributed by atoms with E-state index in [9.17, 15) is 0 Å². The van der Waals surface area contributed by atoms with Crippen LogP contribution < -0.4 is 5.32 Å². The van der Waals surface area contributed by atoms with Crippen LogP contribution in [0, 0.1) is 13.8 Å². The zero-order valence-electron chi connectivity index (χ0n) is 11.2. The number of rotatable bonds is 4. The minimum absolute atomic E-state index is 0.576.